The number of carbonyl (C=O) groups excluding carboxylic acids is 1. The fourth-order valence-electron chi connectivity index (χ4n) is 5.38. The van der Waals surface area contributed by atoms with Crippen LogP contribution in [0.15, 0.2) is 54.7 Å². The maximum absolute atomic E-state index is 14.2. The molecule has 39 heavy (non-hydrogen) atoms. The lowest BCUT2D eigenvalue weighted by atomic mass is 10.0. The monoisotopic (exact) mass is 542 g/mol. The summed E-state index contributed by atoms with van der Waals surface area (Å²) in [5.74, 6) is -1.01. The van der Waals surface area contributed by atoms with E-state index in [-0.39, 0.29) is 23.5 Å². The van der Waals surface area contributed by atoms with Gasteiger partial charge in [0.15, 0.2) is 11.6 Å². The summed E-state index contributed by atoms with van der Waals surface area (Å²) in [4.78, 5) is 21.8. The molecule has 1 amide bonds. The normalized spacial score (nSPS) is 18.1. The highest BCUT2D eigenvalue weighted by atomic mass is 19.4. The highest BCUT2D eigenvalue weighted by molar-refractivity contribution is 5.95. The summed E-state index contributed by atoms with van der Waals surface area (Å²) < 4.78 is 59.7. The summed E-state index contributed by atoms with van der Waals surface area (Å²) in [5.41, 5.74) is 6.08. The van der Waals surface area contributed by atoms with Crippen LogP contribution in [0, 0.1) is 5.82 Å². The van der Waals surface area contributed by atoms with E-state index in [9.17, 15) is 22.4 Å². The lowest BCUT2D eigenvalue weighted by molar-refractivity contribution is -0.138. The summed E-state index contributed by atoms with van der Waals surface area (Å²) in [6.07, 6.45) is 1.22. The molecule has 2 fully saturated rings. The minimum absolute atomic E-state index is 0.00746. The average molecular weight is 543 g/mol. The topological polar surface area (TPSA) is 71.7 Å². The highest BCUT2D eigenvalue weighted by Gasteiger charge is 2.35. The molecule has 2 aliphatic rings. The first kappa shape index (κ1) is 26.9. The van der Waals surface area contributed by atoms with Crippen LogP contribution in [0.5, 0.6) is 5.75 Å². The first-order chi connectivity index (χ1) is 18.7. The number of ether oxygens (including phenoxy) is 1. The van der Waals surface area contributed by atoms with Crippen molar-refractivity contribution in [3.8, 4) is 16.9 Å². The highest BCUT2D eigenvalue weighted by Crippen LogP contribution is 2.35. The van der Waals surface area contributed by atoms with Crippen LogP contribution < -0.4 is 10.5 Å². The Hall–Kier alpha value is -3.66. The molecule has 1 aromatic heterocycles. The van der Waals surface area contributed by atoms with Gasteiger partial charge in [0.25, 0.3) is 5.91 Å². The zero-order chi connectivity index (χ0) is 27.6. The Morgan fingerprint density at radius 2 is 1.77 bits per heavy atom. The van der Waals surface area contributed by atoms with Crippen molar-refractivity contribution < 1.29 is 27.1 Å². The average Bonchev–Trinajstić information content (AvgIpc) is 3.60. The van der Waals surface area contributed by atoms with Crippen LogP contribution >= 0.6 is 0 Å². The Balaban J connectivity index is 1.29. The van der Waals surface area contributed by atoms with Crippen molar-refractivity contribution >= 4 is 11.7 Å². The predicted molar refractivity (Wildman–Crippen MR) is 140 cm³/mol. The third-order valence-corrected chi connectivity index (χ3v) is 7.45. The SMILES string of the molecule is Nc1ncc(-c2ccc(C(=O)N3CCC[C@@H]3CN3CCCC3)cc2)cc1OCc1c(F)cccc1C(F)(F)F. The molecule has 0 radical (unpaired) electrons. The van der Waals surface area contributed by atoms with Gasteiger partial charge in [-0.2, -0.15) is 13.2 Å². The van der Waals surface area contributed by atoms with E-state index < -0.39 is 29.7 Å². The van der Waals surface area contributed by atoms with Crippen molar-refractivity contribution in [2.45, 2.75) is 44.5 Å². The minimum atomic E-state index is -4.73. The molecule has 6 nitrogen and oxygen atoms in total. The van der Waals surface area contributed by atoms with E-state index in [0.29, 0.717) is 11.1 Å². The maximum Gasteiger partial charge on any atom is 0.416 e. The van der Waals surface area contributed by atoms with Gasteiger partial charge in [-0.3, -0.25) is 4.79 Å². The number of likely N-dealkylation sites (tertiary alicyclic amines) is 2. The van der Waals surface area contributed by atoms with Gasteiger partial charge in [0.1, 0.15) is 12.4 Å². The first-order valence-corrected chi connectivity index (χ1v) is 13.1. The van der Waals surface area contributed by atoms with Crippen molar-refractivity contribution in [2.24, 2.45) is 0 Å². The van der Waals surface area contributed by atoms with Gasteiger partial charge in [0.2, 0.25) is 0 Å². The van der Waals surface area contributed by atoms with Crippen LogP contribution in [-0.4, -0.2) is 52.9 Å². The van der Waals surface area contributed by atoms with Gasteiger partial charge in [-0.15, -0.1) is 0 Å². The largest absolute Gasteiger partial charge is 0.485 e. The minimum Gasteiger partial charge on any atom is -0.485 e. The Kier molecular flexibility index (Phi) is 7.74. The second-order valence-electron chi connectivity index (χ2n) is 10.0. The molecule has 206 valence electrons. The van der Waals surface area contributed by atoms with E-state index in [1.54, 1.807) is 30.3 Å². The van der Waals surface area contributed by atoms with Gasteiger partial charge < -0.3 is 20.3 Å². The quantitative estimate of drug-likeness (QED) is 0.384. The molecular weight excluding hydrogens is 512 g/mol. The van der Waals surface area contributed by atoms with Crippen molar-refractivity contribution in [3.63, 3.8) is 0 Å². The van der Waals surface area contributed by atoms with Crippen molar-refractivity contribution in [1.82, 2.24) is 14.8 Å². The molecule has 0 bridgehead atoms. The Labute approximate surface area is 224 Å². The molecule has 2 aromatic carbocycles. The van der Waals surface area contributed by atoms with Gasteiger partial charge in [0, 0.05) is 42.0 Å². The van der Waals surface area contributed by atoms with E-state index in [1.165, 1.54) is 19.0 Å². The molecule has 2 saturated heterocycles. The molecule has 2 N–H and O–H groups in total. The predicted octanol–water partition coefficient (Wildman–Crippen LogP) is 5.77. The molecule has 3 aromatic rings. The molecule has 0 aliphatic carbocycles. The molecule has 0 unspecified atom stereocenters. The van der Waals surface area contributed by atoms with Gasteiger partial charge >= 0.3 is 6.18 Å². The van der Waals surface area contributed by atoms with Crippen LogP contribution in [0.4, 0.5) is 23.4 Å². The van der Waals surface area contributed by atoms with Gasteiger partial charge in [-0.25, -0.2) is 9.37 Å². The van der Waals surface area contributed by atoms with Crippen molar-refractivity contribution in [1.29, 1.82) is 0 Å². The molecule has 3 heterocycles. The standard InChI is InChI=1S/C29H30F4N4O2/c30-25-7-3-6-24(29(31,32)33)23(25)18-39-26-15-21(16-35-27(26)34)19-8-10-20(11-9-19)28(38)37-14-4-5-22(37)17-36-12-1-2-13-36/h3,6-11,15-16,22H,1-2,4-5,12-14,17-18H2,(H2,34,35)/t22-/m1/s1. The zero-order valence-corrected chi connectivity index (χ0v) is 21.4. The number of halogens is 4. The second kappa shape index (κ2) is 11.2. The third-order valence-electron chi connectivity index (χ3n) is 7.45. The number of nitrogens with zero attached hydrogens (tertiary/aromatic N) is 3. The molecular formula is C29H30F4N4O2. The van der Waals surface area contributed by atoms with Crippen LogP contribution in [-0.2, 0) is 12.8 Å². The maximum atomic E-state index is 14.2. The number of pyridine rings is 1. The fraction of sp³-hybridized carbons (Fsp3) is 0.379. The number of carbonyl (C=O) groups is 1. The second-order valence-corrected chi connectivity index (χ2v) is 10.0. The van der Waals surface area contributed by atoms with Gasteiger partial charge in [0.05, 0.1) is 5.56 Å². The van der Waals surface area contributed by atoms with Crippen LogP contribution in [0.2, 0.25) is 0 Å². The number of benzene rings is 2. The smallest absolute Gasteiger partial charge is 0.416 e. The molecule has 0 saturated carbocycles. The van der Waals surface area contributed by atoms with E-state index in [4.69, 9.17) is 10.5 Å². The van der Waals surface area contributed by atoms with Crippen molar-refractivity contribution in [2.75, 3.05) is 31.9 Å². The lowest BCUT2D eigenvalue weighted by Gasteiger charge is -2.28. The van der Waals surface area contributed by atoms with E-state index in [1.807, 2.05) is 4.90 Å². The van der Waals surface area contributed by atoms with Crippen LogP contribution in [0.25, 0.3) is 11.1 Å². The summed E-state index contributed by atoms with van der Waals surface area (Å²) in [6, 6.07) is 11.6. The number of rotatable bonds is 7. The summed E-state index contributed by atoms with van der Waals surface area (Å²) in [7, 11) is 0. The molecule has 0 spiro atoms. The number of nitrogen functional groups attached to an aromatic ring is 1. The Morgan fingerprint density at radius 1 is 1.03 bits per heavy atom. The van der Waals surface area contributed by atoms with E-state index in [2.05, 4.69) is 9.88 Å². The molecule has 1 atom stereocenters. The number of amides is 1. The molecule has 10 heteroatoms. The van der Waals surface area contributed by atoms with Crippen LogP contribution in [0.3, 0.4) is 0 Å². The van der Waals surface area contributed by atoms with E-state index >= 15 is 0 Å². The number of aromatic nitrogens is 1. The van der Waals surface area contributed by atoms with Crippen molar-refractivity contribution in [3.05, 3.63) is 77.2 Å². The summed E-state index contributed by atoms with van der Waals surface area (Å²) in [5, 5.41) is 0. The third kappa shape index (κ3) is 6.00. The first-order valence-electron chi connectivity index (χ1n) is 13.1. The van der Waals surface area contributed by atoms with E-state index in [0.717, 1.165) is 62.8 Å². The lowest BCUT2D eigenvalue weighted by Crippen LogP contribution is -2.42. The Morgan fingerprint density at radius 3 is 2.49 bits per heavy atom. The number of hydrogen-bond donors (Lipinski definition) is 1. The fourth-order valence-corrected chi connectivity index (χ4v) is 5.38. The van der Waals surface area contributed by atoms with Crippen LogP contribution in [0.1, 0.15) is 47.2 Å². The summed E-state index contributed by atoms with van der Waals surface area (Å²) >= 11 is 0. The van der Waals surface area contributed by atoms with Gasteiger partial charge in [-0.05, 0) is 74.7 Å². The Bertz CT molecular complexity index is 1320. The number of hydrogen-bond acceptors (Lipinski definition) is 5. The number of nitrogens with two attached hydrogens (primary N) is 1. The number of anilines is 1. The molecule has 2 aliphatic heterocycles. The summed E-state index contributed by atoms with van der Waals surface area (Å²) in [6.45, 7) is 3.19. The van der Waals surface area contributed by atoms with Gasteiger partial charge in [-0.1, -0.05) is 18.2 Å². The number of alkyl halides is 3. The zero-order valence-electron chi connectivity index (χ0n) is 21.4. The molecule has 5 rings (SSSR count).